The minimum atomic E-state index is -0.0962. The lowest BCUT2D eigenvalue weighted by Crippen LogP contribution is -2.22. The van der Waals surface area contributed by atoms with Crippen molar-refractivity contribution in [3.8, 4) is 11.6 Å². The first kappa shape index (κ1) is 13.0. The molecule has 102 valence electrons. The molecular formula is C14H14N4OS. The van der Waals surface area contributed by atoms with Crippen LogP contribution in [0.2, 0.25) is 0 Å². The Labute approximate surface area is 120 Å². The maximum absolute atomic E-state index is 5.76. The van der Waals surface area contributed by atoms with Gasteiger partial charge in [-0.05, 0) is 12.1 Å². The van der Waals surface area contributed by atoms with Gasteiger partial charge in [0.1, 0.15) is 11.7 Å². The minimum Gasteiger partial charge on any atom is -0.417 e. The Kier molecular flexibility index (Phi) is 3.85. The Hall–Kier alpha value is -2.05. The van der Waals surface area contributed by atoms with Gasteiger partial charge in [0.05, 0.1) is 5.51 Å². The van der Waals surface area contributed by atoms with Crippen molar-refractivity contribution in [3.05, 3.63) is 52.7 Å². The van der Waals surface area contributed by atoms with E-state index in [1.54, 1.807) is 5.51 Å². The van der Waals surface area contributed by atoms with E-state index in [2.05, 4.69) is 20.5 Å². The Morgan fingerprint density at radius 2 is 2.10 bits per heavy atom. The van der Waals surface area contributed by atoms with Crippen LogP contribution in [0.4, 0.5) is 0 Å². The second kappa shape index (κ2) is 5.94. The molecule has 6 heteroatoms. The Bertz CT molecular complexity index is 651. The van der Waals surface area contributed by atoms with Gasteiger partial charge in [-0.3, -0.25) is 0 Å². The summed E-state index contributed by atoms with van der Waals surface area (Å²) in [4.78, 5) is 4.18. The van der Waals surface area contributed by atoms with Gasteiger partial charge in [-0.25, -0.2) is 4.98 Å². The smallest absolute Gasteiger partial charge is 0.267 e. The van der Waals surface area contributed by atoms with Crippen LogP contribution in [-0.2, 0) is 0 Å². The van der Waals surface area contributed by atoms with E-state index in [9.17, 15) is 0 Å². The Morgan fingerprint density at radius 1 is 1.25 bits per heavy atom. The fourth-order valence-electron chi connectivity index (χ4n) is 1.97. The third-order valence-electron chi connectivity index (χ3n) is 2.88. The molecule has 3 aromatic rings. The molecule has 0 bridgehead atoms. The number of aromatic nitrogens is 3. The van der Waals surface area contributed by atoms with E-state index in [1.165, 1.54) is 11.3 Å². The average molecular weight is 286 g/mol. The molecule has 1 atom stereocenters. The summed E-state index contributed by atoms with van der Waals surface area (Å²) >= 11 is 1.50. The van der Waals surface area contributed by atoms with Crippen molar-refractivity contribution < 1.29 is 4.42 Å². The summed E-state index contributed by atoms with van der Waals surface area (Å²) in [6.45, 7) is 2.86. The number of nitrogens with one attached hydrogen (secondary N) is 1. The highest BCUT2D eigenvalue weighted by atomic mass is 32.1. The van der Waals surface area contributed by atoms with Gasteiger partial charge in [0.15, 0.2) is 0 Å². The third-order valence-corrected chi connectivity index (χ3v) is 3.47. The van der Waals surface area contributed by atoms with Gasteiger partial charge >= 0.3 is 0 Å². The summed E-state index contributed by atoms with van der Waals surface area (Å²) in [5.74, 6) is 1.01. The monoisotopic (exact) mass is 286 g/mol. The first-order valence-corrected chi connectivity index (χ1v) is 7.33. The molecule has 0 aliphatic rings. The van der Waals surface area contributed by atoms with Crippen LogP contribution < -0.4 is 5.32 Å². The highest BCUT2D eigenvalue weighted by Crippen LogP contribution is 2.24. The topological polar surface area (TPSA) is 63.8 Å². The molecule has 2 aromatic heterocycles. The fourth-order valence-corrected chi connectivity index (χ4v) is 2.50. The van der Waals surface area contributed by atoms with Gasteiger partial charge in [-0.15, -0.1) is 21.5 Å². The molecule has 0 fully saturated rings. The van der Waals surface area contributed by atoms with Crippen LogP contribution in [-0.4, -0.2) is 21.7 Å². The van der Waals surface area contributed by atoms with E-state index in [1.807, 2.05) is 42.6 Å². The Morgan fingerprint density at radius 3 is 2.80 bits per heavy atom. The lowest BCUT2D eigenvalue weighted by Gasteiger charge is -2.13. The van der Waals surface area contributed by atoms with Crippen LogP contribution in [0, 0.1) is 0 Å². The minimum absolute atomic E-state index is 0.0962. The first-order chi connectivity index (χ1) is 9.88. The van der Waals surface area contributed by atoms with E-state index in [0.29, 0.717) is 11.8 Å². The zero-order valence-electron chi connectivity index (χ0n) is 11.0. The molecule has 0 saturated carbocycles. The second-order valence-electron chi connectivity index (χ2n) is 4.22. The predicted octanol–water partition coefficient (Wildman–Crippen LogP) is 2.89. The normalized spacial score (nSPS) is 12.4. The lowest BCUT2D eigenvalue weighted by molar-refractivity contribution is 0.444. The van der Waals surface area contributed by atoms with Crippen LogP contribution in [0.1, 0.15) is 24.4 Å². The van der Waals surface area contributed by atoms with Gasteiger partial charge in [0.2, 0.25) is 5.89 Å². The van der Waals surface area contributed by atoms with Crippen molar-refractivity contribution >= 4 is 11.3 Å². The molecule has 2 heterocycles. The van der Waals surface area contributed by atoms with E-state index in [-0.39, 0.29) is 6.04 Å². The maximum atomic E-state index is 5.76. The molecule has 1 N–H and O–H groups in total. The molecule has 5 nitrogen and oxygen atoms in total. The van der Waals surface area contributed by atoms with Crippen molar-refractivity contribution in [2.75, 3.05) is 6.54 Å². The number of hydrogen-bond donors (Lipinski definition) is 1. The quantitative estimate of drug-likeness (QED) is 0.781. The number of thiazole rings is 1. The number of benzene rings is 1. The van der Waals surface area contributed by atoms with E-state index >= 15 is 0 Å². The van der Waals surface area contributed by atoms with Crippen molar-refractivity contribution in [2.24, 2.45) is 0 Å². The summed E-state index contributed by atoms with van der Waals surface area (Å²) in [7, 11) is 0. The van der Waals surface area contributed by atoms with Gasteiger partial charge in [-0.2, -0.15) is 0 Å². The molecule has 0 amide bonds. The Balaban J connectivity index is 1.92. The second-order valence-corrected chi connectivity index (χ2v) is 4.94. The molecule has 0 spiro atoms. The van der Waals surface area contributed by atoms with Crippen molar-refractivity contribution in [2.45, 2.75) is 13.0 Å². The summed E-state index contributed by atoms with van der Waals surface area (Å²) < 4.78 is 5.76. The van der Waals surface area contributed by atoms with Crippen LogP contribution in [0.15, 0.2) is 45.6 Å². The molecule has 20 heavy (non-hydrogen) atoms. The van der Waals surface area contributed by atoms with Gasteiger partial charge in [0.25, 0.3) is 5.89 Å². The third kappa shape index (κ3) is 2.61. The van der Waals surface area contributed by atoms with Crippen LogP contribution in [0.25, 0.3) is 11.6 Å². The zero-order valence-corrected chi connectivity index (χ0v) is 11.8. The highest BCUT2D eigenvalue weighted by molar-refractivity contribution is 7.07. The predicted molar refractivity (Wildman–Crippen MR) is 77.4 cm³/mol. The van der Waals surface area contributed by atoms with E-state index < -0.39 is 0 Å². The first-order valence-electron chi connectivity index (χ1n) is 6.38. The summed E-state index contributed by atoms with van der Waals surface area (Å²) in [5.41, 5.74) is 3.57. The van der Waals surface area contributed by atoms with Gasteiger partial charge in [0, 0.05) is 5.38 Å². The largest absolute Gasteiger partial charge is 0.417 e. The van der Waals surface area contributed by atoms with Crippen molar-refractivity contribution in [3.63, 3.8) is 0 Å². The van der Waals surface area contributed by atoms with E-state index in [4.69, 9.17) is 4.42 Å². The SMILES string of the molecule is CCNC(c1ccccc1)c1nnc(-c2cscn2)o1. The number of hydrogen-bond acceptors (Lipinski definition) is 6. The number of nitrogens with zero attached hydrogens (tertiary/aromatic N) is 3. The summed E-state index contributed by atoms with van der Waals surface area (Å²) in [6, 6.07) is 9.97. The van der Waals surface area contributed by atoms with Gasteiger partial charge < -0.3 is 9.73 Å². The average Bonchev–Trinajstić information content (AvgIpc) is 3.16. The molecule has 0 aliphatic carbocycles. The summed E-state index contributed by atoms with van der Waals surface area (Å²) in [5, 5.41) is 13.5. The molecular weight excluding hydrogens is 272 g/mol. The molecule has 0 saturated heterocycles. The van der Waals surface area contributed by atoms with Crippen LogP contribution in [0.5, 0.6) is 0 Å². The molecule has 0 aliphatic heterocycles. The zero-order chi connectivity index (χ0) is 13.8. The van der Waals surface area contributed by atoms with Gasteiger partial charge in [-0.1, -0.05) is 37.3 Å². The van der Waals surface area contributed by atoms with Crippen LogP contribution in [0.3, 0.4) is 0 Å². The molecule has 0 radical (unpaired) electrons. The van der Waals surface area contributed by atoms with Crippen molar-refractivity contribution in [1.29, 1.82) is 0 Å². The molecule has 1 aromatic carbocycles. The highest BCUT2D eigenvalue weighted by Gasteiger charge is 2.20. The van der Waals surface area contributed by atoms with E-state index in [0.717, 1.165) is 17.8 Å². The standard InChI is InChI=1S/C14H14N4OS/c1-2-15-12(10-6-4-3-5-7-10)14-18-17-13(19-14)11-8-20-9-16-11/h3-9,12,15H,2H2,1H3. The lowest BCUT2D eigenvalue weighted by atomic mass is 10.1. The van der Waals surface area contributed by atoms with Crippen molar-refractivity contribution in [1.82, 2.24) is 20.5 Å². The van der Waals surface area contributed by atoms with Crippen LogP contribution >= 0.6 is 11.3 Å². The maximum Gasteiger partial charge on any atom is 0.267 e. The number of rotatable bonds is 5. The molecule has 1 unspecified atom stereocenters. The fraction of sp³-hybridized carbons (Fsp3) is 0.214. The molecule has 3 rings (SSSR count). The summed E-state index contributed by atoms with van der Waals surface area (Å²) in [6.07, 6.45) is 0.